The Bertz CT molecular complexity index is 917. The number of hydrogen-bond acceptors (Lipinski definition) is 7. The van der Waals surface area contributed by atoms with Crippen molar-refractivity contribution in [2.24, 2.45) is 0 Å². The van der Waals surface area contributed by atoms with E-state index in [0.29, 0.717) is 49.2 Å². The first-order valence-corrected chi connectivity index (χ1v) is 12.6. The molecule has 1 aliphatic heterocycles. The van der Waals surface area contributed by atoms with Crippen molar-refractivity contribution in [3.05, 3.63) is 42.0 Å². The van der Waals surface area contributed by atoms with Crippen LogP contribution in [0.2, 0.25) is 0 Å². The van der Waals surface area contributed by atoms with Gasteiger partial charge in [-0.1, -0.05) is 12.1 Å². The molecular weight excluding hydrogens is 446 g/mol. The molecule has 1 N–H and O–H groups in total. The summed E-state index contributed by atoms with van der Waals surface area (Å²) in [5.74, 6) is 2.37. The molecule has 192 valence electrons. The number of anilines is 1. The zero-order chi connectivity index (χ0) is 25.0. The highest BCUT2D eigenvalue weighted by atomic mass is 16.5. The lowest BCUT2D eigenvalue weighted by molar-refractivity contribution is 0.0950. The van der Waals surface area contributed by atoms with Crippen LogP contribution in [0.5, 0.6) is 23.0 Å². The average Bonchev–Trinajstić information content (AvgIpc) is 2.88. The lowest BCUT2D eigenvalue weighted by atomic mass is 10.1. The van der Waals surface area contributed by atoms with Crippen molar-refractivity contribution in [1.29, 1.82) is 0 Å². The van der Waals surface area contributed by atoms with Gasteiger partial charge in [0, 0.05) is 38.3 Å². The number of nitrogens with zero attached hydrogens (tertiary/aromatic N) is 2. The lowest BCUT2D eigenvalue weighted by Crippen LogP contribution is -2.47. The molecule has 0 radical (unpaired) electrons. The standard InChI is InChI=1S/C27H39N3O5/c1-5-33-24-19-21(20-25(34-6-2)26(24)35-7-3)27(31)28-13-10-14-29-15-17-30(18-16-29)22-11-8-9-12-23(22)32-4/h8-9,11-12,19-20H,5-7,10,13-18H2,1-4H3,(H,28,31). The quantitative estimate of drug-likeness (QED) is 0.432. The second-order valence-electron chi connectivity index (χ2n) is 8.21. The van der Waals surface area contributed by atoms with Gasteiger partial charge in [0.15, 0.2) is 11.5 Å². The van der Waals surface area contributed by atoms with Crippen molar-refractivity contribution in [3.8, 4) is 23.0 Å². The number of ether oxygens (including phenoxy) is 4. The van der Waals surface area contributed by atoms with Gasteiger partial charge in [0.25, 0.3) is 5.91 Å². The summed E-state index contributed by atoms with van der Waals surface area (Å²) in [5.41, 5.74) is 1.65. The summed E-state index contributed by atoms with van der Waals surface area (Å²) in [5, 5.41) is 3.03. The molecule has 1 aliphatic rings. The van der Waals surface area contributed by atoms with Crippen LogP contribution in [0.15, 0.2) is 36.4 Å². The predicted octanol–water partition coefficient (Wildman–Crippen LogP) is 3.83. The second-order valence-corrected chi connectivity index (χ2v) is 8.21. The molecule has 1 amide bonds. The van der Waals surface area contributed by atoms with Gasteiger partial charge in [-0.15, -0.1) is 0 Å². The van der Waals surface area contributed by atoms with Crippen LogP contribution < -0.4 is 29.2 Å². The highest BCUT2D eigenvalue weighted by molar-refractivity contribution is 5.95. The van der Waals surface area contributed by atoms with Crippen LogP contribution >= 0.6 is 0 Å². The van der Waals surface area contributed by atoms with E-state index in [0.717, 1.165) is 50.6 Å². The fourth-order valence-corrected chi connectivity index (χ4v) is 4.23. The third-order valence-corrected chi connectivity index (χ3v) is 5.91. The fourth-order valence-electron chi connectivity index (χ4n) is 4.23. The van der Waals surface area contributed by atoms with E-state index < -0.39 is 0 Å². The van der Waals surface area contributed by atoms with Gasteiger partial charge >= 0.3 is 0 Å². The van der Waals surface area contributed by atoms with Crippen LogP contribution in [0.25, 0.3) is 0 Å². The van der Waals surface area contributed by atoms with Gasteiger partial charge in [0.1, 0.15) is 5.75 Å². The van der Waals surface area contributed by atoms with E-state index in [4.69, 9.17) is 18.9 Å². The number of carbonyl (C=O) groups excluding carboxylic acids is 1. The number of benzene rings is 2. The van der Waals surface area contributed by atoms with E-state index in [-0.39, 0.29) is 5.91 Å². The van der Waals surface area contributed by atoms with Gasteiger partial charge < -0.3 is 29.2 Å². The van der Waals surface area contributed by atoms with Crippen LogP contribution in [0.4, 0.5) is 5.69 Å². The first-order chi connectivity index (χ1) is 17.1. The molecule has 2 aromatic carbocycles. The largest absolute Gasteiger partial charge is 0.495 e. The maximum absolute atomic E-state index is 12.8. The maximum Gasteiger partial charge on any atom is 0.251 e. The van der Waals surface area contributed by atoms with E-state index in [1.165, 1.54) is 0 Å². The van der Waals surface area contributed by atoms with Gasteiger partial charge in [-0.2, -0.15) is 0 Å². The zero-order valence-corrected chi connectivity index (χ0v) is 21.5. The van der Waals surface area contributed by atoms with Crippen molar-refractivity contribution in [2.45, 2.75) is 27.2 Å². The summed E-state index contributed by atoms with van der Waals surface area (Å²) in [6.07, 6.45) is 0.883. The number of para-hydroxylation sites is 2. The molecular formula is C27H39N3O5. The van der Waals surface area contributed by atoms with E-state index >= 15 is 0 Å². The fraction of sp³-hybridized carbons (Fsp3) is 0.519. The van der Waals surface area contributed by atoms with E-state index in [1.54, 1.807) is 19.2 Å². The van der Waals surface area contributed by atoms with Crippen LogP contribution in [0.3, 0.4) is 0 Å². The van der Waals surface area contributed by atoms with Crippen LogP contribution in [-0.2, 0) is 0 Å². The molecule has 0 bridgehead atoms. The number of amides is 1. The molecule has 1 fully saturated rings. The minimum atomic E-state index is -0.143. The summed E-state index contributed by atoms with van der Waals surface area (Å²) in [7, 11) is 1.71. The third-order valence-electron chi connectivity index (χ3n) is 5.91. The summed E-state index contributed by atoms with van der Waals surface area (Å²) in [6, 6.07) is 11.6. The Morgan fingerprint density at radius 1 is 0.886 bits per heavy atom. The molecule has 0 spiro atoms. The first kappa shape index (κ1) is 26.5. The van der Waals surface area contributed by atoms with Crippen molar-refractivity contribution in [1.82, 2.24) is 10.2 Å². The van der Waals surface area contributed by atoms with Gasteiger partial charge in [0.2, 0.25) is 5.75 Å². The molecule has 1 saturated heterocycles. The normalized spacial score (nSPS) is 13.9. The van der Waals surface area contributed by atoms with E-state index in [1.807, 2.05) is 39.0 Å². The summed E-state index contributed by atoms with van der Waals surface area (Å²) in [6.45, 7) is 12.6. The number of hydrogen-bond donors (Lipinski definition) is 1. The number of carbonyl (C=O) groups is 1. The molecule has 3 rings (SSSR count). The van der Waals surface area contributed by atoms with Crippen LogP contribution in [0.1, 0.15) is 37.6 Å². The summed E-state index contributed by atoms with van der Waals surface area (Å²) in [4.78, 5) is 17.7. The van der Waals surface area contributed by atoms with E-state index in [2.05, 4.69) is 21.2 Å². The Morgan fingerprint density at radius 3 is 2.11 bits per heavy atom. The lowest BCUT2D eigenvalue weighted by Gasteiger charge is -2.36. The highest BCUT2D eigenvalue weighted by Crippen LogP contribution is 2.39. The highest BCUT2D eigenvalue weighted by Gasteiger charge is 2.20. The minimum Gasteiger partial charge on any atom is -0.495 e. The smallest absolute Gasteiger partial charge is 0.251 e. The SMILES string of the molecule is CCOc1cc(C(=O)NCCCN2CCN(c3ccccc3OC)CC2)cc(OCC)c1OCC. The maximum atomic E-state index is 12.8. The Labute approximate surface area is 209 Å². The third kappa shape index (κ3) is 7.18. The molecule has 1 heterocycles. The first-order valence-electron chi connectivity index (χ1n) is 12.6. The van der Waals surface area contributed by atoms with Crippen molar-refractivity contribution in [3.63, 3.8) is 0 Å². The Balaban J connectivity index is 1.49. The molecule has 35 heavy (non-hydrogen) atoms. The number of piperazine rings is 1. The van der Waals surface area contributed by atoms with Gasteiger partial charge in [-0.05, 0) is 58.0 Å². The molecule has 0 atom stereocenters. The number of rotatable bonds is 13. The van der Waals surface area contributed by atoms with Crippen molar-refractivity contribution >= 4 is 11.6 Å². The zero-order valence-electron chi connectivity index (χ0n) is 21.5. The Kier molecular flexibility index (Phi) is 10.3. The Morgan fingerprint density at radius 2 is 1.51 bits per heavy atom. The van der Waals surface area contributed by atoms with Gasteiger partial charge in [-0.3, -0.25) is 9.69 Å². The summed E-state index contributed by atoms with van der Waals surface area (Å²) >= 11 is 0. The molecule has 0 aromatic heterocycles. The number of methoxy groups -OCH3 is 1. The van der Waals surface area contributed by atoms with Gasteiger partial charge in [0.05, 0.1) is 32.6 Å². The molecule has 0 unspecified atom stereocenters. The summed E-state index contributed by atoms with van der Waals surface area (Å²) < 4.78 is 22.7. The predicted molar refractivity (Wildman–Crippen MR) is 139 cm³/mol. The van der Waals surface area contributed by atoms with Gasteiger partial charge in [-0.25, -0.2) is 0 Å². The molecule has 8 heteroatoms. The second kappa shape index (κ2) is 13.7. The molecule has 0 aliphatic carbocycles. The van der Waals surface area contributed by atoms with Crippen LogP contribution in [-0.4, -0.2) is 77.0 Å². The Hall–Kier alpha value is -3.13. The van der Waals surface area contributed by atoms with Crippen molar-refractivity contribution < 1.29 is 23.7 Å². The monoisotopic (exact) mass is 485 g/mol. The number of nitrogens with one attached hydrogen (secondary N) is 1. The average molecular weight is 486 g/mol. The van der Waals surface area contributed by atoms with Crippen LogP contribution in [0, 0.1) is 0 Å². The molecule has 2 aromatic rings. The molecule has 0 saturated carbocycles. The molecule has 8 nitrogen and oxygen atoms in total. The topological polar surface area (TPSA) is 72.5 Å². The van der Waals surface area contributed by atoms with Crippen molar-refractivity contribution in [2.75, 3.05) is 71.1 Å². The van der Waals surface area contributed by atoms with E-state index in [9.17, 15) is 4.79 Å². The minimum absolute atomic E-state index is 0.143.